The lowest BCUT2D eigenvalue weighted by molar-refractivity contribution is 0.158. The molecule has 0 atom stereocenters. The van der Waals surface area contributed by atoms with Gasteiger partial charge in [-0.3, -0.25) is 0 Å². The van der Waals surface area contributed by atoms with Crippen LogP contribution in [0.2, 0.25) is 0 Å². The van der Waals surface area contributed by atoms with Crippen LogP contribution < -0.4 is 4.90 Å². The molecule has 0 N–H and O–H groups in total. The highest BCUT2D eigenvalue weighted by Gasteiger charge is 2.37. The molecule has 2 saturated heterocycles. The molecule has 2 heterocycles. The Kier molecular flexibility index (Phi) is 2.10. The fourth-order valence-corrected chi connectivity index (χ4v) is 2.90. The predicted octanol–water partition coefficient (Wildman–Crippen LogP) is 2.54. The third-order valence-corrected chi connectivity index (χ3v) is 3.71. The van der Waals surface area contributed by atoms with Gasteiger partial charge in [0.05, 0.1) is 17.3 Å². The van der Waals surface area contributed by atoms with Gasteiger partial charge < -0.3 is 4.90 Å². The normalized spacial score (nSPS) is 27.1. The van der Waals surface area contributed by atoms with Crippen LogP contribution in [0, 0.1) is 29.0 Å². The van der Waals surface area contributed by atoms with E-state index < -0.39 is 0 Å². The van der Waals surface area contributed by atoms with E-state index in [9.17, 15) is 4.39 Å². The van der Waals surface area contributed by atoms with Gasteiger partial charge in [-0.05, 0) is 42.9 Å². The lowest BCUT2D eigenvalue weighted by atomic mass is 9.71. The number of rotatable bonds is 1. The highest BCUT2D eigenvalue weighted by molar-refractivity contribution is 5.52. The molecule has 4 rings (SSSR count). The highest BCUT2D eigenvalue weighted by atomic mass is 19.1. The number of anilines is 1. The van der Waals surface area contributed by atoms with Crippen LogP contribution in [-0.2, 0) is 0 Å². The predicted molar refractivity (Wildman–Crippen MR) is 59.5 cm³/mol. The first-order chi connectivity index (χ1) is 7.76. The zero-order valence-corrected chi connectivity index (χ0v) is 8.99. The Bertz CT molecular complexity index is 447. The van der Waals surface area contributed by atoms with Gasteiger partial charge in [0.15, 0.2) is 0 Å². The third-order valence-electron chi connectivity index (χ3n) is 3.71. The van der Waals surface area contributed by atoms with Gasteiger partial charge >= 0.3 is 0 Å². The summed E-state index contributed by atoms with van der Waals surface area (Å²) in [5.74, 6) is 1.25. The first-order valence-corrected chi connectivity index (χ1v) is 5.71. The third kappa shape index (κ3) is 1.46. The molecule has 0 spiro atoms. The molecule has 1 aromatic rings. The van der Waals surface area contributed by atoms with Crippen molar-refractivity contribution in [3.63, 3.8) is 0 Å². The van der Waals surface area contributed by atoms with E-state index in [4.69, 9.17) is 5.26 Å². The molecule has 2 nitrogen and oxygen atoms in total. The molecular formula is C13H13FN2. The van der Waals surface area contributed by atoms with E-state index in [-0.39, 0.29) is 5.82 Å². The molecule has 3 aliphatic rings. The Balaban J connectivity index is 1.86. The Morgan fingerprint density at radius 1 is 1.25 bits per heavy atom. The molecule has 2 aliphatic heterocycles. The molecule has 0 unspecified atom stereocenters. The van der Waals surface area contributed by atoms with Crippen molar-refractivity contribution in [3.8, 4) is 6.07 Å². The molecular weight excluding hydrogens is 203 g/mol. The minimum atomic E-state index is -0.264. The Labute approximate surface area is 94.3 Å². The van der Waals surface area contributed by atoms with E-state index in [0.717, 1.165) is 24.9 Å². The topological polar surface area (TPSA) is 27.0 Å². The van der Waals surface area contributed by atoms with Crippen LogP contribution in [-0.4, -0.2) is 13.1 Å². The highest BCUT2D eigenvalue weighted by Crippen LogP contribution is 2.41. The van der Waals surface area contributed by atoms with Gasteiger partial charge in [-0.25, -0.2) is 4.39 Å². The lowest BCUT2D eigenvalue weighted by Gasteiger charge is -2.48. The number of fused-ring (bicyclic) bond motifs is 2. The summed E-state index contributed by atoms with van der Waals surface area (Å²) < 4.78 is 13.8. The van der Waals surface area contributed by atoms with Gasteiger partial charge in [-0.1, -0.05) is 0 Å². The monoisotopic (exact) mass is 216 g/mol. The van der Waals surface area contributed by atoms with Crippen LogP contribution >= 0.6 is 0 Å². The fraction of sp³-hybridized carbons (Fsp3) is 0.462. The van der Waals surface area contributed by atoms with Gasteiger partial charge in [-0.15, -0.1) is 0 Å². The molecule has 3 fully saturated rings. The van der Waals surface area contributed by atoms with Gasteiger partial charge in [0.1, 0.15) is 5.82 Å². The van der Waals surface area contributed by atoms with Crippen molar-refractivity contribution < 1.29 is 4.39 Å². The van der Waals surface area contributed by atoms with E-state index in [1.807, 2.05) is 6.07 Å². The number of piperidine rings is 2. The summed E-state index contributed by atoms with van der Waals surface area (Å²) in [6.07, 6.45) is 2.63. The molecule has 0 amide bonds. The van der Waals surface area contributed by atoms with E-state index >= 15 is 0 Å². The second-order valence-corrected chi connectivity index (χ2v) is 4.89. The van der Waals surface area contributed by atoms with Gasteiger partial charge in [0.25, 0.3) is 0 Å². The second-order valence-electron chi connectivity index (χ2n) is 4.89. The van der Waals surface area contributed by atoms with Crippen LogP contribution in [0.1, 0.15) is 18.4 Å². The maximum Gasteiger partial charge on any atom is 0.147 e. The van der Waals surface area contributed by atoms with Crippen molar-refractivity contribution in [2.75, 3.05) is 18.0 Å². The van der Waals surface area contributed by atoms with Crippen LogP contribution in [0.5, 0.6) is 0 Å². The van der Waals surface area contributed by atoms with E-state index in [2.05, 4.69) is 4.90 Å². The molecule has 0 radical (unpaired) electrons. The summed E-state index contributed by atoms with van der Waals surface area (Å²) in [5, 5.41) is 8.68. The fourth-order valence-electron chi connectivity index (χ4n) is 2.90. The first-order valence-electron chi connectivity index (χ1n) is 5.71. The van der Waals surface area contributed by atoms with Crippen LogP contribution in [0.4, 0.5) is 10.1 Å². The summed E-state index contributed by atoms with van der Waals surface area (Å²) in [6, 6.07) is 6.71. The van der Waals surface area contributed by atoms with E-state index in [1.165, 1.54) is 18.9 Å². The first kappa shape index (κ1) is 9.65. The second kappa shape index (κ2) is 3.48. The molecule has 1 aliphatic carbocycles. The Morgan fingerprint density at radius 2 is 1.94 bits per heavy atom. The van der Waals surface area contributed by atoms with E-state index in [1.54, 1.807) is 12.1 Å². The quantitative estimate of drug-likeness (QED) is 0.721. The maximum atomic E-state index is 13.8. The van der Waals surface area contributed by atoms with Crippen molar-refractivity contribution in [3.05, 3.63) is 29.6 Å². The average molecular weight is 216 g/mol. The van der Waals surface area contributed by atoms with Crippen molar-refractivity contribution in [2.45, 2.75) is 12.8 Å². The summed E-state index contributed by atoms with van der Waals surface area (Å²) in [5.41, 5.74) is 1.05. The minimum absolute atomic E-state index is 0.264. The summed E-state index contributed by atoms with van der Waals surface area (Å²) >= 11 is 0. The lowest BCUT2D eigenvalue weighted by Crippen LogP contribution is -2.48. The minimum Gasteiger partial charge on any atom is -0.369 e. The maximum absolute atomic E-state index is 13.8. The van der Waals surface area contributed by atoms with E-state index in [0.29, 0.717) is 11.3 Å². The summed E-state index contributed by atoms with van der Waals surface area (Å²) in [4.78, 5) is 2.12. The number of hydrogen-bond acceptors (Lipinski definition) is 2. The van der Waals surface area contributed by atoms with Crippen molar-refractivity contribution in [1.82, 2.24) is 0 Å². The van der Waals surface area contributed by atoms with Crippen LogP contribution in [0.15, 0.2) is 18.2 Å². The summed E-state index contributed by atoms with van der Waals surface area (Å²) in [6.45, 7) is 1.94. The van der Waals surface area contributed by atoms with Crippen LogP contribution in [0.25, 0.3) is 0 Å². The van der Waals surface area contributed by atoms with Crippen LogP contribution in [0.3, 0.4) is 0 Å². The number of benzene rings is 1. The summed E-state index contributed by atoms with van der Waals surface area (Å²) in [7, 11) is 0. The van der Waals surface area contributed by atoms with Crippen molar-refractivity contribution in [2.24, 2.45) is 11.8 Å². The number of nitriles is 1. The molecule has 16 heavy (non-hydrogen) atoms. The smallest absolute Gasteiger partial charge is 0.147 e. The number of halogens is 1. The average Bonchev–Trinajstić information content (AvgIpc) is 2.28. The zero-order valence-electron chi connectivity index (χ0n) is 8.99. The molecule has 1 saturated carbocycles. The van der Waals surface area contributed by atoms with Crippen molar-refractivity contribution >= 4 is 5.69 Å². The molecule has 2 bridgehead atoms. The standard InChI is InChI=1S/C13H13FN2/c14-12-5-9(6-15)1-2-13(12)16-7-10-3-11(4-10)8-16/h1-2,5,10-11H,3-4,7-8H2. The number of nitrogens with zero attached hydrogens (tertiary/aromatic N) is 2. The molecule has 82 valence electrons. The zero-order chi connectivity index (χ0) is 11.1. The molecule has 0 aromatic heterocycles. The SMILES string of the molecule is N#Cc1ccc(N2CC3CC(C3)C2)c(F)c1. The van der Waals surface area contributed by atoms with Gasteiger partial charge in [-0.2, -0.15) is 5.26 Å². The largest absolute Gasteiger partial charge is 0.369 e. The Hall–Kier alpha value is -1.56. The molecule has 1 aromatic carbocycles. The molecule has 3 heteroatoms. The van der Waals surface area contributed by atoms with Gasteiger partial charge in [0, 0.05) is 13.1 Å². The van der Waals surface area contributed by atoms with Gasteiger partial charge in [0.2, 0.25) is 0 Å². The Morgan fingerprint density at radius 3 is 2.50 bits per heavy atom. The number of hydrogen-bond donors (Lipinski definition) is 0. The van der Waals surface area contributed by atoms with Crippen molar-refractivity contribution in [1.29, 1.82) is 5.26 Å².